The summed E-state index contributed by atoms with van der Waals surface area (Å²) in [4.78, 5) is 31.9. The minimum atomic E-state index is -0.345. The Labute approximate surface area is 175 Å². The number of rotatable bonds is 4. The second-order valence-electron chi connectivity index (χ2n) is 6.63. The lowest BCUT2D eigenvalue weighted by Crippen LogP contribution is -2.22. The van der Waals surface area contributed by atoms with Gasteiger partial charge in [-0.05, 0) is 23.8 Å². The molecule has 0 radical (unpaired) electrons. The molecule has 0 unspecified atom stereocenters. The summed E-state index contributed by atoms with van der Waals surface area (Å²) < 4.78 is 6.69. The first kappa shape index (κ1) is 18.1. The molecule has 1 aliphatic rings. The van der Waals surface area contributed by atoms with Gasteiger partial charge in [0.05, 0.1) is 17.7 Å². The Morgan fingerprint density at radius 2 is 1.76 bits per heavy atom. The monoisotopic (exact) mass is 420 g/mol. The predicted octanol–water partition coefficient (Wildman–Crippen LogP) is 4.52. The molecular formula is C22H16N2O3S2. The standard InChI is InChI=1S/C22H16N2O3S2/c25-20-16-13-18(14-7-3-1-4-8-14)28-19(16)23-22(29-17-11-12-27-21(17)26)24(20)15-9-5-2-6-10-15/h1-10,13,17H,11-12H2/t17-/m1/s1. The Bertz CT molecular complexity index is 1250. The molecular weight excluding hydrogens is 404 g/mol. The highest BCUT2D eigenvalue weighted by Gasteiger charge is 2.30. The van der Waals surface area contributed by atoms with Gasteiger partial charge in [0.25, 0.3) is 5.56 Å². The average molecular weight is 421 g/mol. The quantitative estimate of drug-likeness (QED) is 0.359. The van der Waals surface area contributed by atoms with Gasteiger partial charge >= 0.3 is 5.97 Å². The van der Waals surface area contributed by atoms with Crippen molar-refractivity contribution >= 4 is 39.3 Å². The van der Waals surface area contributed by atoms with Crippen molar-refractivity contribution in [1.82, 2.24) is 9.55 Å². The summed E-state index contributed by atoms with van der Waals surface area (Å²) in [5, 5.41) is 0.748. The number of hydrogen-bond acceptors (Lipinski definition) is 6. The second kappa shape index (κ2) is 7.50. The van der Waals surface area contributed by atoms with Gasteiger partial charge in [-0.3, -0.25) is 14.2 Å². The van der Waals surface area contributed by atoms with Crippen molar-refractivity contribution in [1.29, 1.82) is 0 Å². The zero-order valence-corrected chi connectivity index (χ0v) is 16.9. The Balaban J connectivity index is 1.70. The van der Waals surface area contributed by atoms with Crippen LogP contribution in [-0.4, -0.2) is 27.4 Å². The minimum absolute atomic E-state index is 0.131. The number of fused-ring (bicyclic) bond motifs is 1. The number of benzene rings is 2. The Morgan fingerprint density at radius 3 is 2.45 bits per heavy atom. The van der Waals surface area contributed by atoms with E-state index in [-0.39, 0.29) is 16.8 Å². The summed E-state index contributed by atoms with van der Waals surface area (Å²) in [5.74, 6) is -0.250. The van der Waals surface area contributed by atoms with Crippen molar-refractivity contribution in [2.45, 2.75) is 16.8 Å². The van der Waals surface area contributed by atoms with E-state index in [1.165, 1.54) is 23.1 Å². The van der Waals surface area contributed by atoms with Gasteiger partial charge in [0.2, 0.25) is 0 Å². The van der Waals surface area contributed by atoms with Crippen LogP contribution in [0.1, 0.15) is 6.42 Å². The Morgan fingerprint density at radius 1 is 1.03 bits per heavy atom. The zero-order chi connectivity index (χ0) is 19.8. The van der Waals surface area contributed by atoms with Gasteiger partial charge in [0.15, 0.2) is 5.16 Å². The first-order chi connectivity index (χ1) is 14.2. The molecule has 1 saturated heterocycles. The van der Waals surface area contributed by atoms with E-state index >= 15 is 0 Å². The van der Waals surface area contributed by atoms with E-state index in [4.69, 9.17) is 9.72 Å². The van der Waals surface area contributed by atoms with Gasteiger partial charge < -0.3 is 4.74 Å². The molecule has 1 fully saturated rings. The third-order valence-electron chi connectivity index (χ3n) is 4.74. The van der Waals surface area contributed by atoms with Gasteiger partial charge in [0, 0.05) is 11.3 Å². The van der Waals surface area contributed by atoms with Crippen LogP contribution in [0.4, 0.5) is 0 Å². The lowest BCUT2D eigenvalue weighted by molar-refractivity contribution is -0.137. The second-order valence-corrected chi connectivity index (χ2v) is 8.83. The van der Waals surface area contributed by atoms with Crippen LogP contribution in [0.2, 0.25) is 0 Å². The molecule has 2 aromatic heterocycles. The fraction of sp³-hybridized carbons (Fsp3) is 0.136. The number of esters is 1. The molecule has 5 nitrogen and oxygen atoms in total. The van der Waals surface area contributed by atoms with Gasteiger partial charge in [0.1, 0.15) is 10.1 Å². The van der Waals surface area contributed by atoms with E-state index in [1.807, 2.05) is 66.7 Å². The predicted molar refractivity (Wildman–Crippen MR) is 116 cm³/mol. The first-order valence-corrected chi connectivity index (χ1v) is 10.9. The molecule has 5 rings (SSSR count). The molecule has 1 atom stereocenters. The zero-order valence-electron chi connectivity index (χ0n) is 15.3. The molecule has 0 bridgehead atoms. The molecule has 0 N–H and O–H groups in total. The molecule has 4 aromatic rings. The number of carbonyl (C=O) groups excluding carboxylic acids is 1. The number of ether oxygens (including phenoxy) is 1. The van der Waals surface area contributed by atoms with Crippen molar-refractivity contribution in [2.24, 2.45) is 0 Å². The molecule has 29 heavy (non-hydrogen) atoms. The number of carbonyl (C=O) groups is 1. The number of thioether (sulfide) groups is 1. The topological polar surface area (TPSA) is 61.2 Å². The lowest BCUT2D eigenvalue weighted by atomic mass is 10.2. The third-order valence-corrected chi connectivity index (χ3v) is 7.02. The SMILES string of the molecule is O=C1OCC[C@H]1Sc1nc2sc(-c3ccccc3)cc2c(=O)n1-c1ccccc1. The number of thiophene rings is 1. The van der Waals surface area contributed by atoms with Crippen molar-refractivity contribution < 1.29 is 9.53 Å². The van der Waals surface area contributed by atoms with Crippen molar-refractivity contribution in [3.63, 3.8) is 0 Å². The lowest BCUT2D eigenvalue weighted by Gasteiger charge is -2.13. The molecule has 144 valence electrons. The molecule has 0 saturated carbocycles. The summed E-state index contributed by atoms with van der Waals surface area (Å²) in [7, 11) is 0. The summed E-state index contributed by atoms with van der Waals surface area (Å²) in [6.07, 6.45) is 0.617. The van der Waals surface area contributed by atoms with E-state index in [0.717, 1.165) is 16.1 Å². The number of para-hydroxylation sites is 1. The first-order valence-electron chi connectivity index (χ1n) is 9.21. The molecule has 2 aromatic carbocycles. The number of nitrogens with zero attached hydrogens (tertiary/aromatic N) is 2. The van der Waals surface area contributed by atoms with Gasteiger partial charge in [-0.2, -0.15) is 0 Å². The maximum Gasteiger partial charge on any atom is 0.319 e. The average Bonchev–Trinajstić information content (AvgIpc) is 3.36. The summed E-state index contributed by atoms with van der Waals surface area (Å²) >= 11 is 2.79. The normalized spacial score (nSPS) is 16.3. The molecule has 0 aliphatic carbocycles. The number of aromatic nitrogens is 2. The van der Waals surface area contributed by atoms with Crippen LogP contribution in [0.5, 0.6) is 0 Å². The van der Waals surface area contributed by atoms with E-state index in [1.54, 1.807) is 4.57 Å². The summed E-state index contributed by atoms with van der Waals surface area (Å²) in [6.45, 7) is 0.408. The van der Waals surface area contributed by atoms with Crippen LogP contribution in [0.3, 0.4) is 0 Å². The van der Waals surface area contributed by atoms with Crippen LogP contribution >= 0.6 is 23.1 Å². The Hall–Kier alpha value is -2.90. The van der Waals surface area contributed by atoms with Gasteiger partial charge in [-0.25, -0.2) is 4.98 Å². The van der Waals surface area contributed by atoms with Gasteiger partial charge in [-0.1, -0.05) is 60.3 Å². The molecule has 1 aliphatic heterocycles. The van der Waals surface area contributed by atoms with E-state index in [2.05, 4.69) is 0 Å². The van der Waals surface area contributed by atoms with Gasteiger partial charge in [-0.15, -0.1) is 11.3 Å². The number of cyclic esters (lactones) is 1. The van der Waals surface area contributed by atoms with E-state index < -0.39 is 0 Å². The minimum Gasteiger partial charge on any atom is -0.465 e. The fourth-order valence-corrected chi connectivity index (χ4v) is 5.46. The molecule has 7 heteroatoms. The maximum atomic E-state index is 13.4. The maximum absolute atomic E-state index is 13.4. The highest BCUT2D eigenvalue weighted by atomic mass is 32.2. The van der Waals surface area contributed by atoms with Crippen LogP contribution < -0.4 is 5.56 Å². The fourth-order valence-electron chi connectivity index (χ4n) is 3.30. The van der Waals surface area contributed by atoms with Crippen LogP contribution in [0, 0.1) is 0 Å². The van der Waals surface area contributed by atoms with E-state index in [0.29, 0.717) is 28.4 Å². The highest BCUT2D eigenvalue weighted by molar-refractivity contribution is 8.00. The van der Waals surface area contributed by atoms with Crippen LogP contribution in [-0.2, 0) is 9.53 Å². The molecule has 3 heterocycles. The highest BCUT2D eigenvalue weighted by Crippen LogP contribution is 2.34. The summed E-state index contributed by atoms with van der Waals surface area (Å²) in [5.41, 5.74) is 1.65. The molecule has 0 amide bonds. The smallest absolute Gasteiger partial charge is 0.319 e. The van der Waals surface area contributed by atoms with Crippen molar-refractivity contribution in [3.8, 4) is 16.1 Å². The van der Waals surface area contributed by atoms with Crippen molar-refractivity contribution in [3.05, 3.63) is 77.1 Å². The summed E-state index contributed by atoms with van der Waals surface area (Å²) in [6, 6.07) is 21.3. The van der Waals surface area contributed by atoms with Crippen LogP contribution in [0.25, 0.3) is 26.3 Å². The third kappa shape index (κ3) is 3.36. The Kier molecular flexibility index (Phi) is 4.69. The van der Waals surface area contributed by atoms with E-state index in [9.17, 15) is 9.59 Å². The molecule has 0 spiro atoms. The van der Waals surface area contributed by atoms with Crippen molar-refractivity contribution in [2.75, 3.05) is 6.61 Å². The number of hydrogen-bond donors (Lipinski definition) is 0. The van der Waals surface area contributed by atoms with Crippen LogP contribution in [0.15, 0.2) is 76.7 Å². The largest absolute Gasteiger partial charge is 0.465 e.